The Labute approximate surface area is 236 Å². The number of hydrogen-bond donors (Lipinski definition) is 7. The van der Waals surface area contributed by atoms with Crippen LogP contribution in [0.2, 0.25) is 0 Å². The van der Waals surface area contributed by atoms with E-state index >= 15 is 0 Å². The van der Waals surface area contributed by atoms with Crippen molar-refractivity contribution in [2.24, 2.45) is 23.5 Å². The summed E-state index contributed by atoms with van der Waals surface area (Å²) in [7, 11) is 2.90. The first-order valence-corrected chi connectivity index (χ1v) is 13.4. The molecular weight excluding hydrogens is 565 g/mol. The second-order valence-corrected chi connectivity index (χ2v) is 11.7. The molecule has 8 N–H and O–H groups in total. The maximum atomic E-state index is 14.0. The summed E-state index contributed by atoms with van der Waals surface area (Å²) in [6.45, 7) is 0.841. The molecule has 12 nitrogen and oxygen atoms in total. The number of primary amides is 1. The molecule has 1 aromatic carbocycles. The van der Waals surface area contributed by atoms with Crippen molar-refractivity contribution in [1.29, 1.82) is 0 Å². The molecule has 0 radical (unpaired) electrons. The number of aliphatic hydroxyl groups is 3. The van der Waals surface area contributed by atoms with E-state index in [1.807, 2.05) is 0 Å². The maximum Gasteiger partial charge on any atom is 0.573 e. The van der Waals surface area contributed by atoms with E-state index in [-0.39, 0.29) is 35.6 Å². The van der Waals surface area contributed by atoms with Crippen LogP contribution >= 0.6 is 0 Å². The average molecular weight is 595 g/mol. The number of ether oxygens (including phenoxy) is 1. The standard InChI is InChI=1S/C27H29F3N4O8/c1-34(2)18-11-6-9-5-10-13(19(35)12(9)23(38)26(11,41)24(39)15(21(18)37)25(31)40)20(36)17-14(22(10)42-27(28,29)30)16-8(7-33-17)3-4-32-16/h8-9,11,16,18,32-33,35-36,39,41H,3-7H2,1-2H3,(H2,31,40)/t8?,9-,11-,16?,18-,26-/m0/s1. The average Bonchev–Trinajstić information content (AvgIpc) is 3.36. The number of anilines is 1. The first-order chi connectivity index (χ1) is 19.6. The summed E-state index contributed by atoms with van der Waals surface area (Å²) < 4.78 is 46.0. The van der Waals surface area contributed by atoms with Crippen LogP contribution in [0.25, 0.3) is 5.76 Å². The molecule has 1 aromatic rings. The first-order valence-electron chi connectivity index (χ1n) is 13.4. The van der Waals surface area contributed by atoms with Crippen molar-refractivity contribution in [3.63, 3.8) is 0 Å². The van der Waals surface area contributed by atoms with Crippen molar-refractivity contribution in [2.75, 3.05) is 32.5 Å². The molecule has 1 saturated carbocycles. The molecule has 1 amide bonds. The number of alkyl halides is 3. The number of rotatable bonds is 3. The van der Waals surface area contributed by atoms with Gasteiger partial charge in [-0.2, -0.15) is 0 Å². The molecule has 226 valence electrons. The van der Waals surface area contributed by atoms with Crippen LogP contribution in [0.5, 0.6) is 11.5 Å². The van der Waals surface area contributed by atoms with E-state index in [1.165, 1.54) is 19.0 Å². The lowest BCUT2D eigenvalue weighted by molar-refractivity contribution is -0.275. The van der Waals surface area contributed by atoms with Gasteiger partial charge in [-0.15, -0.1) is 13.2 Å². The van der Waals surface area contributed by atoms with Gasteiger partial charge in [0.2, 0.25) is 5.78 Å². The molecule has 1 saturated heterocycles. The zero-order chi connectivity index (χ0) is 30.6. The monoisotopic (exact) mass is 594 g/mol. The van der Waals surface area contributed by atoms with E-state index < -0.39 is 93.1 Å². The van der Waals surface area contributed by atoms with Crippen LogP contribution in [-0.2, 0) is 20.8 Å². The number of fused-ring (bicyclic) bond motifs is 6. The number of carbonyl (C=O) groups is 3. The third-order valence-corrected chi connectivity index (χ3v) is 9.30. The number of amides is 1. The Morgan fingerprint density at radius 1 is 1.19 bits per heavy atom. The summed E-state index contributed by atoms with van der Waals surface area (Å²) in [6.07, 6.45) is -5.08. The molecule has 2 aliphatic heterocycles. The van der Waals surface area contributed by atoms with Crippen molar-refractivity contribution in [3.05, 3.63) is 33.6 Å². The largest absolute Gasteiger partial charge is 0.573 e. The molecule has 5 aliphatic rings. The zero-order valence-electron chi connectivity index (χ0n) is 22.5. The zero-order valence-corrected chi connectivity index (χ0v) is 22.5. The number of phenolic OH excluding ortho intramolecular Hbond substituents is 1. The molecular formula is C27H29F3N4O8. The second-order valence-electron chi connectivity index (χ2n) is 11.7. The highest BCUT2D eigenvalue weighted by atomic mass is 19.4. The number of nitrogens with zero attached hydrogens (tertiary/aromatic N) is 1. The molecule has 42 heavy (non-hydrogen) atoms. The van der Waals surface area contributed by atoms with Gasteiger partial charge in [0, 0.05) is 35.2 Å². The van der Waals surface area contributed by atoms with Gasteiger partial charge in [0.25, 0.3) is 5.91 Å². The highest BCUT2D eigenvalue weighted by Crippen LogP contribution is 2.58. The number of carbonyl (C=O) groups excluding carboxylic acids is 3. The van der Waals surface area contributed by atoms with Gasteiger partial charge in [-0.3, -0.25) is 19.3 Å². The van der Waals surface area contributed by atoms with Crippen LogP contribution in [0.4, 0.5) is 18.9 Å². The van der Waals surface area contributed by atoms with E-state index in [0.717, 1.165) is 0 Å². The second kappa shape index (κ2) is 9.09. The van der Waals surface area contributed by atoms with E-state index in [2.05, 4.69) is 15.4 Å². The van der Waals surface area contributed by atoms with E-state index in [4.69, 9.17) is 5.73 Å². The minimum Gasteiger partial charge on any atom is -0.508 e. The van der Waals surface area contributed by atoms with Gasteiger partial charge >= 0.3 is 6.36 Å². The Bertz CT molecular complexity index is 1520. The fourth-order valence-corrected chi connectivity index (χ4v) is 7.62. The molecule has 0 spiro atoms. The Hall–Kier alpha value is -3.82. The van der Waals surface area contributed by atoms with Gasteiger partial charge in [0.15, 0.2) is 17.1 Å². The van der Waals surface area contributed by atoms with Crippen LogP contribution in [0.1, 0.15) is 35.6 Å². The number of ketones is 2. The Morgan fingerprint density at radius 2 is 1.88 bits per heavy atom. The van der Waals surface area contributed by atoms with Crippen LogP contribution in [0, 0.1) is 17.8 Å². The van der Waals surface area contributed by atoms with Gasteiger partial charge in [-0.05, 0) is 51.7 Å². The van der Waals surface area contributed by atoms with Crippen molar-refractivity contribution >= 4 is 28.9 Å². The predicted molar refractivity (Wildman–Crippen MR) is 138 cm³/mol. The van der Waals surface area contributed by atoms with Gasteiger partial charge in [-0.25, -0.2) is 0 Å². The molecule has 2 heterocycles. The predicted octanol–water partition coefficient (Wildman–Crippen LogP) is 0.939. The lowest BCUT2D eigenvalue weighted by Gasteiger charge is -2.50. The molecule has 0 aromatic heterocycles. The minimum absolute atomic E-state index is 0.0536. The number of aromatic hydroxyl groups is 1. The Morgan fingerprint density at radius 3 is 2.50 bits per heavy atom. The highest BCUT2D eigenvalue weighted by molar-refractivity contribution is 6.24. The summed E-state index contributed by atoms with van der Waals surface area (Å²) in [6, 6.07) is -1.90. The molecule has 15 heteroatoms. The normalized spacial score (nSPS) is 32.1. The number of nitrogens with one attached hydrogen (secondary N) is 2. The number of hydrogen-bond acceptors (Lipinski definition) is 11. The number of likely N-dealkylation sites (N-methyl/N-ethyl adjacent to an activating group) is 1. The van der Waals surface area contributed by atoms with Crippen molar-refractivity contribution in [2.45, 2.75) is 43.3 Å². The van der Waals surface area contributed by atoms with Gasteiger partial charge in [-0.1, -0.05) is 0 Å². The molecule has 3 aliphatic carbocycles. The minimum atomic E-state index is -5.14. The lowest BCUT2D eigenvalue weighted by atomic mass is 9.57. The summed E-state index contributed by atoms with van der Waals surface area (Å²) >= 11 is 0. The fraction of sp³-hybridized carbons (Fsp3) is 0.519. The quantitative estimate of drug-likeness (QED) is 0.194. The van der Waals surface area contributed by atoms with Crippen molar-refractivity contribution in [1.82, 2.24) is 10.2 Å². The molecule has 0 bridgehead atoms. The molecule has 6 rings (SSSR count). The summed E-state index contributed by atoms with van der Waals surface area (Å²) in [5.41, 5.74) is 0.316. The summed E-state index contributed by atoms with van der Waals surface area (Å²) in [4.78, 5) is 40.7. The number of halogens is 3. The van der Waals surface area contributed by atoms with Gasteiger partial charge < -0.3 is 41.5 Å². The topological polar surface area (TPSA) is 195 Å². The third kappa shape index (κ3) is 3.69. The Kier molecular flexibility index (Phi) is 6.12. The lowest BCUT2D eigenvalue weighted by Crippen LogP contribution is -2.65. The van der Waals surface area contributed by atoms with Crippen LogP contribution < -0.4 is 21.1 Å². The molecule has 6 atom stereocenters. The van der Waals surface area contributed by atoms with Gasteiger partial charge in [0.1, 0.15) is 22.8 Å². The highest BCUT2D eigenvalue weighted by Gasteiger charge is 2.64. The summed E-state index contributed by atoms with van der Waals surface area (Å²) in [5, 5.41) is 51.5. The van der Waals surface area contributed by atoms with Crippen LogP contribution in [0.15, 0.2) is 16.9 Å². The van der Waals surface area contributed by atoms with Crippen LogP contribution in [0.3, 0.4) is 0 Å². The van der Waals surface area contributed by atoms with Crippen molar-refractivity contribution in [3.8, 4) is 11.5 Å². The maximum absolute atomic E-state index is 14.0. The number of Topliss-reactive ketones (excluding diaryl/α,β-unsaturated/α-hetero) is 2. The van der Waals surface area contributed by atoms with E-state index in [9.17, 15) is 48.0 Å². The molecule has 2 fully saturated rings. The van der Waals surface area contributed by atoms with Crippen molar-refractivity contribution < 1.29 is 52.7 Å². The SMILES string of the molecule is CN(C)[C@@H]1C(=O)C(C(N)=O)=C(O)[C@@]2(O)C(=O)C3=C(O)c4c(O)c5c(c(OC(F)(F)F)c4C[C@H]3C[C@@H]12)C1NCCC1CN5. The van der Waals surface area contributed by atoms with E-state index in [1.54, 1.807) is 0 Å². The third-order valence-electron chi connectivity index (χ3n) is 9.30. The smallest absolute Gasteiger partial charge is 0.508 e. The number of nitrogens with two attached hydrogens (primary N) is 1. The fourth-order valence-electron chi connectivity index (χ4n) is 7.62. The molecule has 2 unspecified atom stereocenters. The van der Waals surface area contributed by atoms with Gasteiger partial charge in [0.05, 0.1) is 17.3 Å². The van der Waals surface area contributed by atoms with E-state index in [0.29, 0.717) is 19.5 Å². The first kappa shape index (κ1) is 28.3. The number of aliphatic hydroxyl groups excluding tert-OH is 2. The number of benzene rings is 1. The number of phenols is 1. The summed E-state index contributed by atoms with van der Waals surface area (Å²) in [5.74, 6) is -9.44. The van der Waals surface area contributed by atoms with Crippen LogP contribution in [-0.4, -0.2) is 88.0 Å². The Balaban J connectivity index is 1.60.